The van der Waals surface area contributed by atoms with E-state index in [1.165, 1.54) is 0 Å². The van der Waals surface area contributed by atoms with Crippen molar-refractivity contribution in [1.29, 1.82) is 0 Å². The molecule has 2 aromatic heterocycles. The van der Waals surface area contributed by atoms with Crippen molar-refractivity contribution in [3.63, 3.8) is 0 Å². The molecule has 3 heterocycles. The zero-order valence-corrected chi connectivity index (χ0v) is 13.6. The Morgan fingerprint density at radius 3 is 2.70 bits per heavy atom. The number of ether oxygens (including phenoxy) is 1. The number of pyridine rings is 1. The van der Waals surface area contributed by atoms with Crippen molar-refractivity contribution in [3.05, 3.63) is 42.4 Å². The van der Waals surface area contributed by atoms with Gasteiger partial charge in [-0.15, -0.1) is 0 Å². The molecule has 0 spiro atoms. The third kappa shape index (κ3) is 3.52. The molecule has 2 aromatic rings. The van der Waals surface area contributed by atoms with E-state index in [1.807, 2.05) is 37.0 Å². The predicted octanol–water partition coefficient (Wildman–Crippen LogP) is 2.68. The Bertz CT molecular complexity index is 646. The Labute approximate surface area is 136 Å². The average molecular weight is 314 g/mol. The first kappa shape index (κ1) is 15.5. The summed E-state index contributed by atoms with van der Waals surface area (Å²) in [5.41, 5.74) is 0.540. The summed E-state index contributed by atoms with van der Waals surface area (Å²) >= 11 is 0. The molecule has 23 heavy (non-hydrogen) atoms. The molecule has 0 N–H and O–H groups in total. The molecule has 0 aromatic carbocycles. The van der Waals surface area contributed by atoms with Gasteiger partial charge in [0.25, 0.3) is 0 Å². The van der Waals surface area contributed by atoms with E-state index >= 15 is 0 Å². The third-order valence-electron chi connectivity index (χ3n) is 4.01. The second-order valence-corrected chi connectivity index (χ2v) is 6.03. The van der Waals surface area contributed by atoms with Gasteiger partial charge >= 0.3 is 5.97 Å². The molecule has 0 bridgehead atoms. The maximum absolute atomic E-state index is 12.3. The highest BCUT2D eigenvalue weighted by Crippen LogP contribution is 2.27. The quantitative estimate of drug-likeness (QED) is 0.812. The molecule has 1 aliphatic heterocycles. The van der Waals surface area contributed by atoms with E-state index < -0.39 is 0 Å². The van der Waals surface area contributed by atoms with Gasteiger partial charge < -0.3 is 9.64 Å². The van der Waals surface area contributed by atoms with Crippen molar-refractivity contribution in [3.8, 4) is 0 Å². The Kier molecular flexibility index (Phi) is 4.60. The Morgan fingerprint density at radius 1 is 1.26 bits per heavy atom. The van der Waals surface area contributed by atoms with E-state index in [4.69, 9.17) is 4.74 Å². The highest BCUT2D eigenvalue weighted by molar-refractivity contribution is 5.94. The Balaban J connectivity index is 1.72. The van der Waals surface area contributed by atoms with Crippen LogP contribution in [0.15, 0.2) is 36.8 Å². The highest BCUT2D eigenvalue weighted by atomic mass is 16.5. The van der Waals surface area contributed by atoms with Gasteiger partial charge in [-0.25, -0.2) is 9.78 Å². The first-order chi connectivity index (χ1) is 11.1. The molecule has 1 fully saturated rings. The maximum Gasteiger partial charge on any atom is 0.342 e. The highest BCUT2D eigenvalue weighted by Gasteiger charge is 2.25. The number of hydrogen-bond acceptors (Lipinski definition) is 5. The van der Waals surface area contributed by atoms with Crippen molar-refractivity contribution in [2.45, 2.75) is 38.8 Å². The monoisotopic (exact) mass is 314 g/mol. The lowest BCUT2D eigenvalue weighted by molar-refractivity contribution is 0.0378. The molecule has 122 valence electrons. The van der Waals surface area contributed by atoms with E-state index in [9.17, 15) is 4.79 Å². The smallest absolute Gasteiger partial charge is 0.342 e. The summed E-state index contributed by atoms with van der Waals surface area (Å²) in [6, 6.07) is 5.92. The predicted molar refractivity (Wildman–Crippen MR) is 87.5 cm³/mol. The van der Waals surface area contributed by atoms with Crippen LogP contribution in [0.1, 0.15) is 43.1 Å². The van der Waals surface area contributed by atoms with Gasteiger partial charge in [0, 0.05) is 31.7 Å². The van der Waals surface area contributed by atoms with Gasteiger partial charge in [-0.2, -0.15) is 5.10 Å². The van der Waals surface area contributed by atoms with Crippen LogP contribution in [0.3, 0.4) is 0 Å². The molecule has 0 amide bonds. The molecule has 6 nitrogen and oxygen atoms in total. The average Bonchev–Trinajstić information content (AvgIpc) is 3.09. The first-order valence-electron chi connectivity index (χ1n) is 8.05. The molecular weight excluding hydrogens is 292 g/mol. The van der Waals surface area contributed by atoms with Crippen LogP contribution < -0.4 is 4.90 Å². The number of anilines is 1. The van der Waals surface area contributed by atoms with Crippen LogP contribution >= 0.6 is 0 Å². The van der Waals surface area contributed by atoms with Gasteiger partial charge in [0.1, 0.15) is 11.4 Å². The maximum atomic E-state index is 12.3. The van der Waals surface area contributed by atoms with E-state index in [1.54, 1.807) is 18.3 Å². The van der Waals surface area contributed by atoms with Gasteiger partial charge in [-0.3, -0.25) is 4.68 Å². The summed E-state index contributed by atoms with van der Waals surface area (Å²) in [6.45, 7) is 5.40. The molecule has 1 aliphatic rings. The summed E-state index contributed by atoms with van der Waals surface area (Å²) in [4.78, 5) is 18.9. The standard InChI is InChI=1S/C17H22N4O2/c1-13(2)23-17(22)15-5-3-8-18-16(15)20-11-6-14(7-12-20)21-10-4-9-19-21/h3-5,8-10,13-14H,6-7,11-12H2,1-2H3. The molecule has 0 saturated carbocycles. The van der Waals surface area contributed by atoms with Crippen LogP contribution in [-0.2, 0) is 4.74 Å². The van der Waals surface area contributed by atoms with Gasteiger partial charge in [0.15, 0.2) is 0 Å². The fourth-order valence-corrected chi connectivity index (χ4v) is 2.92. The number of nitrogens with zero attached hydrogens (tertiary/aromatic N) is 4. The number of carbonyl (C=O) groups excluding carboxylic acids is 1. The molecule has 0 unspecified atom stereocenters. The Morgan fingerprint density at radius 2 is 2.04 bits per heavy atom. The van der Waals surface area contributed by atoms with Gasteiger partial charge in [-0.05, 0) is 44.9 Å². The summed E-state index contributed by atoms with van der Waals surface area (Å²) in [6.07, 6.45) is 7.37. The second kappa shape index (κ2) is 6.81. The fourth-order valence-electron chi connectivity index (χ4n) is 2.92. The minimum atomic E-state index is -0.308. The first-order valence-corrected chi connectivity index (χ1v) is 8.05. The van der Waals surface area contributed by atoms with Crippen molar-refractivity contribution in [1.82, 2.24) is 14.8 Å². The van der Waals surface area contributed by atoms with Gasteiger partial charge in [0.2, 0.25) is 0 Å². The molecule has 0 radical (unpaired) electrons. The van der Waals surface area contributed by atoms with E-state index in [-0.39, 0.29) is 12.1 Å². The lowest BCUT2D eigenvalue weighted by Gasteiger charge is -2.33. The van der Waals surface area contributed by atoms with E-state index in [0.717, 1.165) is 31.7 Å². The summed E-state index contributed by atoms with van der Waals surface area (Å²) in [7, 11) is 0. The molecule has 3 rings (SSSR count). The van der Waals surface area contributed by atoms with Crippen LogP contribution in [0.4, 0.5) is 5.82 Å². The molecule has 0 atom stereocenters. The third-order valence-corrected chi connectivity index (χ3v) is 4.01. The molecular formula is C17H22N4O2. The van der Waals surface area contributed by atoms with Gasteiger partial charge in [0.05, 0.1) is 12.1 Å². The normalized spacial score (nSPS) is 15.9. The van der Waals surface area contributed by atoms with E-state index in [2.05, 4.69) is 15.0 Å². The number of carbonyl (C=O) groups is 1. The lowest BCUT2D eigenvalue weighted by Crippen LogP contribution is -2.36. The fraction of sp³-hybridized carbons (Fsp3) is 0.471. The van der Waals surface area contributed by atoms with E-state index in [0.29, 0.717) is 11.6 Å². The molecule has 6 heteroatoms. The largest absolute Gasteiger partial charge is 0.459 e. The van der Waals surface area contributed by atoms with Crippen molar-refractivity contribution < 1.29 is 9.53 Å². The van der Waals surface area contributed by atoms with Crippen LogP contribution in [0, 0.1) is 0 Å². The lowest BCUT2D eigenvalue weighted by atomic mass is 10.0. The van der Waals surface area contributed by atoms with Gasteiger partial charge in [-0.1, -0.05) is 0 Å². The zero-order chi connectivity index (χ0) is 16.2. The number of piperidine rings is 1. The molecule has 1 saturated heterocycles. The summed E-state index contributed by atoms with van der Waals surface area (Å²) < 4.78 is 7.35. The SMILES string of the molecule is CC(C)OC(=O)c1cccnc1N1CCC(n2cccn2)CC1. The summed E-state index contributed by atoms with van der Waals surface area (Å²) in [5.74, 6) is 0.411. The number of aromatic nitrogens is 3. The minimum absolute atomic E-state index is 0.138. The zero-order valence-electron chi connectivity index (χ0n) is 13.6. The van der Waals surface area contributed by atoms with Crippen LogP contribution in [0.2, 0.25) is 0 Å². The number of rotatable bonds is 4. The molecule has 0 aliphatic carbocycles. The minimum Gasteiger partial charge on any atom is -0.459 e. The number of hydrogen-bond donors (Lipinski definition) is 0. The van der Waals surface area contributed by atoms with Crippen LogP contribution in [0.25, 0.3) is 0 Å². The van der Waals surface area contributed by atoms with Crippen molar-refractivity contribution in [2.75, 3.05) is 18.0 Å². The second-order valence-electron chi connectivity index (χ2n) is 6.03. The topological polar surface area (TPSA) is 60.2 Å². The van der Waals surface area contributed by atoms with Crippen LogP contribution in [-0.4, -0.2) is 39.9 Å². The van der Waals surface area contributed by atoms with Crippen molar-refractivity contribution in [2.24, 2.45) is 0 Å². The van der Waals surface area contributed by atoms with Crippen LogP contribution in [0.5, 0.6) is 0 Å². The van der Waals surface area contributed by atoms with Crippen molar-refractivity contribution >= 4 is 11.8 Å². The Hall–Kier alpha value is -2.37. The summed E-state index contributed by atoms with van der Waals surface area (Å²) in [5, 5.41) is 4.32. The number of esters is 1.